The standard InChI is InChI=1S/C19H20N2O4/c1-4-24-19(23)15(12(3)22)16-14-10-11(2)25-18(14)21-17(20-16)13-8-6-5-7-9-13/h5-9,11,15H,4,10H2,1-3H3. The summed E-state index contributed by atoms with van der Waals surface area (Å²) in [7, 11) is 0. The maximum Gasteiger partial charge on any atom is 0.322 e. The van der Waals surface area contributed by atoms with Gasteiger partial charge in [0.25, 0.3) is 0 Å². The molecule has 0 saturated heterocycles. The third kappa shape index (κ3) is 3.38. The van der Waals surface area contributed by atoms with E-state index in [4.69, 9.17) is 9.47 Å². The average Bonchev–Trinajstić information content (AvgIpc) is 2.96. The van der Waals surface area contributed by atoms with Gasteiger partial charge in [0.15, 0.2) is 11.7 Å². The molecule has 1 aliphatic heterocycles. The largest absolute Gasteiger partial charge is 0.474 e. The number of Topliss-reactive ketones (excluding diaryl/α,β-unsaturated/α-hetero) is 1. The third-order valence-electron chi connectivity index (χ3n) is 4.04. The molecule has 0 aliphatic carbocycles. The summed E-state index contributed by atoms with van der Waals surface area (Å²) < 4.78 is 10.9. The zero-order chi connectivity index (χ0) is 18.0. The molecule has 6 heteroatoms. The van der Waals surface area contributed by atoms with Crippen molar-refractivity contribution in [3.05, 3.63) is 41.6 Å². The van der Waals surface area contributed by atoms with Gasteiger partial charge in [0.1, 0.15) is 11.9 Å². The second kappa shape index (κ2) is 7.01. The number of esters is 1. The predicted octanol–water partition coefficient (Wildman–Crippen LogP) is 2.70. The molecule has 2 aromatic rings. The summed E-state index contributed by atoms with van der Waals surface area (Å²) >= 11 is 0. The number of hydrogen-bond donors (Lipinski definition) is 0. The fourth-order valence-electron chi connectivity index (χ4n) is 2.94. The lowest BCUT2D eigenvalue weighted by Gasteiger charge is -2.15. The van der Waals surface area contributed by atoms with Crippen LogP contribution in [-0.2, 0) is 20.7 Å². The summed E-state index contributed by atoms with van der Waals surface area (Å²) in [5.74, 6) is -1.09. The molecule has 1 aliphatic rings. The number of carbonyl (C=O) groups is 2. The number of nitrogens with zero attached hydrogens (tertiary/aromatic N) is 2. The van der Waals surface area contributed by atoms with E-state index in [0.29, 0.717) is 29.4 Å². The van der Waals surface area contributed by atoms with Gasteiger partial charge in [-0.15, -0.1) is 0 Å². The highest BCUT2D eigenvalue weighted by Gasteiger charge is 2.36. The molecule has 0 spiro atoms. The molecule has 130 valence electrons. The van der Waals surface area contributed by atoms with Crippen LogP contribution in [0.3, 0.4) is 0 Å². The molecule has 0 N–H and O–H groups in total. The van der Waals surface area contributed by atoms with Crippen molar-refractivity contribution >= 4 is 11.8 Å². The highest BCUT2D eigenvalue weighted by Crippen LogP contribution is 2.35. The Morgan fingerprint density at radius 1 is 1.28 bits per heavy atom. The topological polar surface area (TPSA) is 78.4 Å². The molecule has 0 radical (unpaired) electrons. The van der Waals surface area contributed by atoms with E-state index in [9.17, 15) is 9.59 Å². The molecule has 0 bridgehead atoms. The second-order valence-corrected chi connectivity index (χ2v) is 6.01. The van der Waals surface area contributed by atoms with Gasteiger partial charge in [-0.25, -0.2) is 4.98 Å². The molecular formula is C19H20N2O4. The Labute approximate surface area is 146 Å². The smallest absolute Gasteiger partial charge is 0.322 e. The molecule has 2 heterocycles. The Balaban J connectivity index is 2.15. The van der Waals surface area contributed by atoms with Crippen LogP contribution in [0.2, 0.25) is 0 Å². The Morgan fingerprint density at radius 2 is 2.00 bits per heavy atom. The van der Waals surface area contributed by atoms with Crippen LogP contribution in [0.1, 0.15) is 37.9 Å². The van der Waals surface area contributed by atoms with Crippen LogP contribution in [0, 0.1) is 0 Å². The maximum absolute atomic E-state index is 12.4. The van der Waals surface area contributed by atoms with Gasteiger partial charge in [0, 0.05) is 17.5 Å². The fourth-order valence-corrected chi connectivity index (χ4v) is 2.94. The van der Waals surface area contributed by atoms with E-state index in [-0.39, 0.29) is 18.5 Å². The Kier molecular flexibility index (Phi) is 4.79. The monoisotopic (exact) mass is 340 g/mol. The van der Waals surface area contributed by atoms with E-state index in [2.05, 4.69) is 9.97 Å². The number of rotatable bonds is 5. The minimum Gasteiger partial charge on any atom is -0.474 e. The fraction of sp³-hybridized carbons (Fsp3) is 0.368. The van der Waals surface area contributed by atoms with Crippen LogP contribution in [0.5, 0.6) is 5.88 Å². The van der Waals surface area contributed by atoms with Crippen LogP contribution in [0.25, 0.3) is 11.4 Å². The van der Waals surface area contributed by atoms with Crippen molar-refractivity contribution < 1.29 is 19.1 Å². The van der Waals surface area contributed by atoms with Crippen LogP contribution in [0.15, 0.2) is 30.3 Å². The van der Waals surface area contributed by atoms with Gasteiger partial charge < -0.3 is 9.47 Å². The summed E-state index contributed by atoms with van der Waals surface area (Å²) in [5.41, 5.74) is 1.89. The van der Waals surface area contributed by atoms with Gasteiger partial charge >= 0.3 is 5.97 Å². The minimum atomic E-state index is -1.06. The predicted molar refractivity (Wildman–Crippen MR) is 91.3 cm³/mol. The number of carbonyl (C=O) groups excluding carboxylic acids is 2. The first kappa shape index (κ1) is 17.1. The normalized spacial score (nSPS) is 16.7. The van der Waals surface area contributed by atoms with Crippen LogP contribution >= 0.6 is 0 Å². The molecule has 0 saturated carbocycles. The minimum absolute atomic E-state index is 0.0797. The van der Waals surface area contributed by atoms with Gasteiger partial charge in [0.05, 0.1) is 12.3 Å². The Hall–Kier alpha value is -2.76. The highest BCUT2D eigenvalue weighted by molar-refractivity contribution is 6.03. The number of ketones is 1. The van der Waals surface area contributed by atoms with Crippen LogP contribution in [-0.4, -0.2) is 34.4 Å². The highest BCUT2D eigenvalue weighted by atomic mass is 16.5. The molecule has 25 heavy (non-hydrogen) atoms. The number of aromatic nitrogens is 2. The first-order valence-electron chi connectivity index (χ1n) is 8.31. The van der Waals surface area contributed by atoms with Crippen molar-refractivity contribution in [2.45, 2.75) is 39.2 Å². The Bertz CT molecular complexity index is 805. The number of benzene rings is 1. The third-order valence-corrected chi connectivity index (χ3v) is 4.04. The Morgan fingerprint density at radius 3 is 2.64 bits per heavy atom. The first-order valence-corrected chi connectivity index (χ1v) is 8.31. The lowest BCUT2D eigenvalue weighted by molar-refractivity contribution is -0.147. The number of ether oxygens (including phenoxy) is 2. The average molecular weight is 340 g/mol. The zero-order valence-corrected chi connectivity index (χ0v) is 14.5. The first-order chi connectivity index (χ1) is 12.0. The van der Waals surface area contributed by atoms with Crippen molar-refractivity contribution in [1.29, 1.82) is 0 Å². The van der Waals surface area contributed by atoms with Gasteiger partial charge in [-0.05, 0) is 20.8 Å². The van der Waals surface area contributed by atoms with Gasteiger partial charge in [0.2, 0.25) is 5.88 Å². The van der Waals surface area contributed by atoms with Gasteiger partial charge in [-0.2, -0.15) is 4.98 Å². The summed E-state index contributed by atoms with van der Waals surface area (Å²) in [6.45, 7) is 5.20. The molecule has 1 aromatic heterocycles. The van der Waals surface area contributed by atoms with E-state index in [0.717, 1.165) is 5.56 Å². The quantitative estimate of drug-likeness (QED) is 0.615. The van der Waals surface area contributed by atoms with Crippen molar-refractivity contribution in [3.63, 3.8) is 0 Å². The summed E-state index contributed by atoms with van der Waals surface area (Å²) in [6.07, 6.45) is 0.479. The van der Waals surface area contributed by atoms with Crippen LogP contribution < -0.4 is 4.74 Å². The number of fused-ring (bicyclic) bond motifs is 1. The van der Waals surface area contributed by atoms with E-state index in [1.807, 2.05) is 37.3 Å². The van der Waals surface area contributed by atoms with Crippen molar-refractivity contribution in [3.8, 4) is 17.3 Å². The lowest BCUT2D eigenvalue weighted by Crippen LogP contribution is -2.25. The molecule has 1 aromatic carbocycles. The molecule has 0 fully saturated rings. The summed E-state index contributed by atoms with van der Waals surface area (Å²) in [4.78, 5) is 33.6. The van der Waals surface area contributed by atoms with Crippen molar-refractivity contribution in [2.24, 2.45) is 0 Å². The van der Waals surface area contributed by atoms with E-state index < -0.39 is 11.9 Å². The summed E-state index contributed by atoms with van der Waals surface area (Å²) in [6, 6.07) is 9.40. The molecule has 2 atom stereocenters. The number of hydrogen-bond acceptors (Lipinski definition) is 6. The molecule has 6 nitrogen and oxygen atoms in total. The molecule has 0 amide bonds. The van der Waals surface area contributed by atoms with Crippen LogP contribution in [0.4, 0.5) is 0 Å². The van der Waals surface area contributed by atoms with E-state index >= 15 is 0 Å². The molecule has 2 unspecified atom stereocenters. The zero-order valence-electron chi connectivity index (χ0n) is 14.5. The van der Waals surface area contributed by atoms with E-state index in [1.54, 1.807) is 6.92 Å². The molecule has 3 rings (SSSR count). The van der Waals surface area contributed by atoms with E-state index in [1.165, 1.54) is 6.92 Å². The maximum atomic E-state index is 12.4. The SMILES string of the molecule is CCOC(=O)C(C(C)=O)c1nc(-c2ccccc2)nc2c1CC(C)O2. The summed E-state index contributed by atoms with van der Waals surface area (Å²) in [5, 5.41) is 0. The molecular weight excluding hydrogens is 320 g/mol. The van der Waals surface area contributed by atoms with Gasteiger partial charge in [-0.3, -0.25) is 9.59 Å². The van der Waals surface area contributed by atoms with Gasteiger partial charge in [-0.1, -0.05) is 30.3 Å². The lowest BCUT2D eigenvalue weighted by atomic mass is 9.95. The van der Waals surface area contributed by atoms with Crippen molar-refractivity contribution in [2.75, 3.05) is 6.61 Å². The second-order valence-electron chi connectivity index (χ2n) is 6.01. The van der Waals surface area contributed by atoms with Crippen molar-refractivity contribution in [1.82, 2.24) is 9.97 Å².